The Hall–Kier alpha value is -2.16. The van der Waals surface area contributed by atoms with Crippen LogP contribution in [0.4, 0.5) is 33.7 Å². The highest BCUT2D eigenvalue weighted by Crippen LogP contribution is 2.33. The SMILES string of the molecule is O=C(Nc1ccnc(Br)c1)Nc1cccc(C(F)(F)F)c1F. The fourth-order valence-corrected chi connectivity index (χ4v) is 1.98. The molecular weight excluding hydrogens is 370 g/mol. The topological polar surface area (TPSA) is 54.0 Å². The Morgan fingerprint density at radius 3 is 2.55 bits per heavy atom. The second kappa shape index (κ2) is 6.30. The van der Waals surface area contributed by atoms with Gasteiger partial charge in [-0.3, -0.25) is 0 Å². The third-order valence-electron chi connectivity index (χ3n) is 2.54. The van der Waals surface area contributed by atoms with E-state index in [1.807, 2.05) is 5.32 Å². The van der Waals surface area contributed by atoms with Gasteiger partial charge >= 0.3 is 12.2 Å². The van der Waals surface area contributed by atoms with Crippen LogP contribution >= 0.6 is 15.9 Å². The summed E-state index contributed by atoms with van der Waals surface area (Å²) in [5, 5.41) is 4.38. The number of rotatable bonds is 2. The number of nitrogens with zero attached hydrogens (tertiary/aromatic N) is 1. The Morgan fingerprint density at radius 2 is 1.91 bits per heavy atom. The number of nitrogens with one attached hydrogen (secondary N) is 2. The zero-order chi connectivity index (χ0) is 16.3. The summed E-state index contributed by atoms with van der Waals surface area (Å²) < 4.78 is 51.9. The summed E-state index contributed by atoms with van der Waals surface area (Å²) in [6.45, 7) is 0. The number of hydrogen-bond donors (Lipinski definition) is 2. The first-order valence-electron chi connectivity index (χ1n) is 5.82. The van der Waals surface area contributed by atoms with Gasteiger partial charge in [0.1, 0.15) is 4.60 Å². The highest BCUT2D eigenvalue weighted by atomic mass is 79.9. The highest BCUT2D eigenvalue weighted by molar-refractivity contribution is 9.10. The molecule has 1 aromatic heterocycles. The zero-order valence-corrected chi connectivity index (χ0v) is 12.3. The van der Waals surface area contributed by atoms with Crippen molar-refractivity contribution in [3.8, 4) is 0 Å². The Kier molecular flexibility index (Phi) is 4.65. The number of benzene rings is 1. The van der Waals surface area contributed by atoms with Crippen molar-refractivity contribution in [3.05, 3.63) is 52.5 Å². The van der Waals surface area contributed by atoms with Gasteiger partial charge in [0, 0.05) is 11.9 Å². The molecule has 9 heteroatoms. The second-order valence-electron chi connectivity index (χ2n) is 4.11. The lowest BCUT2D eigenvalue weighted by molar-refractivity contribution is -0.139. The van der Waals surface area contributed by atoms with Crippen LogP contribution in [0.2, 0.25) is 0 Å². The van der Waals surface area contributed by atoms with Gasteiger partial charge in [-0.05, 0) is 40.2 Å². The number of pyridine rings is 1. The number of aromatic nitrogens is 1. The molecule has 4 nitrogen and oxygen atoms in total. The monoisotopic (exact) mass is 377 g/mol. The van der Waals surface area contributed by atoms with Crippen molar-refractivity contribution in [2.75, 3.05) is 10.6 Å². The number of amides is 2. The molecule has 0 aliphatic rings. The molecular formula is C13H8BrF4N3O. The van der Waals surface area contributed by atoms with Crippen LogP contribution in [0, 0.1) is 5.82 Å². The van der Waals surface area contributed by atoms with Gasteiger partial charge in [0.05, 0.1) is 11.3 Å². The molecule has 0 aliphatic carbocycles. The molecule has 2 aromatic rings. The summed E-state index contributed by atoms with van der Waals surface area (Å²) in [7, 11) is 0. The molecule has 22 heavy (non-hydrogen) atoms. The molecule has 116 valence electrons. The summed E-state index contributed by atoms with van der Waals surface area (Å²) in [6.07, 6.45) is -3.43. The molecule has 2 rings (SSSR count). The van der Waals surface area contributed by atoms with Crippen LogP contribution in [0.25, 0.3) is 0 Å². The molecule has 0 unspecified atom stereocenters. The number of alkyl halides is 3. The molecule has 0 saturated heterocycles. The minimum Gasteiger partial charge on any atom is -0.308 e. The van der Waals surface area contributed by atoms with Gasteiger partial charge in [-0.2, -0.15) is 13.2 Å². The molecule has 0 aliphatic heterocycles. The normalized spacial score (nSPS) is 11.1. The number of anilines is 2. The Labute approximate surface area is 130 Å². The number of carbonyl (C=O) groups is 1. The van der Waals surface area contributed by atoms with Gasteiger partial charge in [-0.1, -0.05) is 6.07 Å². The lowest BCUT2D eigenvalue weighted by Crippen LogP contribution is -2.21. The highest BCUT2D eigenvalue weighted by Gasteiger charge is 2.35. The van der Waals surface area contributed by atoms with E-state index in [2.05, 4.69) is 26.2 Å². The van der Waals surface area contributed by atoms with Gasteiger partial charge in [0.15, 0.2) is 5.82 Å². The molecule has 1 aromatic carbocycles. The van der Waals surface area contributed by atoms with Crippen molar-refractivity contribution < 1.29 is 22.4 Å². The molecule has 0 radical (unpaired) electrons. The predicted molar refractivity (Wildman–Crippen MR) is 76.0 cm³/mol. The quantitative estimate of drug-likeness (QED) is 0.591. The minimum absolute atomic E-state index is 0.340. The van der Waals surface area contributed by atoms with Crippen LogP contribution < -0.4 is 10.6 Å². The smallest absolute Gasteiger partial charge is 0.308 e. The van der Waals surface area contributed by atoms with E-state index in [9.17, 15) is 22.4 Å². The van der Waals surface area contributed by atoms with E-state index in [1.54, 1.807) is 0 Å². The summed E-state index contributed by atoms with van der Waals surface area (Å²) in [5.74, 6) is -1.54. The maximum Gasteiger partial charge on any atom is 0.419 e. The van der Waals surface area contributed by atoms with E-state index in [-0.39, 0.29) is 0 Å². The summed E-state index contributed by atoms with van der Waals surface area (Å²) >= 11 is 3.09. The van der Waals surface area contributed by atoms with Crippen LogP contribution in [0.5, 0.6) is 0 Å². The third kappa shape index (κ3) is 3.94. The van der Waals surface area contributed by atoms with Crippen molar-refractivity contribution in [2.45, 2.75) is 6.18 Å². The maximum absolute atomic E-state index is 13.8. The van der Waals surface area contributed by atoms with Crippen molar-refractivity contribution in [1.82, 2.24) is 4.98 Å². The average Bonchev–Trinajstić information content (AvgIpc) is 2.39. The minimum atomic E-state index is -4.84. The van der Waals surface area contributed by atoms with Crippen LogP contribution in [0.15, 0.2) is 41.1 Å². The van der Waals surface area contributed by atoms with Crippen LogP contribution in [0.1, 0.15) is 5.56 Å². The lowest BCUT2D eigenvalue weighted by atomic mass is 10.2. The Bertz CT molecular complexity index is 706. The van der Waals surface area contributed by atoms with Crippen molar-refractivity contribution in [1.29, 1.82) is 0 Å². The van der Waals surface area contributed by atoms with Crippen molar-refractivity contribution in [3.63, 3.8) is 0 Å². The van der Waals surface area contributed by atoms with Gasteiger partial charge in [0.25, 0.3) is 0 Å². The molecule has 0 fully saturated rings. The van der Waals surface area contributed by atoms with E-state index in [0.29, 0.717) is 16.4 Å². The van der Waals surface area contributed by atoms with Gasteiger partial charge in [-0.25, -0.2) is 14.2 Å². The lowest BCUT2D eigenvalue weighted by Gasteiger charge is -2.12. The van der Waals surface area contributed by atoms with Crippen molar-refractivity contribution in [2.24, 2.45) is 0 Å². The van der Waals surface area contributed by atoms with E-state index in [1.165, 1.54) is 18.3 Å². The summed E-state index contributed by atoms with van der Waals surface area (Å²) in [5.41, 5.74) is -1.68. The molecule has 1 heterocycles. The van der Waals surface area contributed by atoms with E-state index in [4.69, 9.17) is 0 Å². The molecule has 0 bridgehead atoms. The number of urea groups is 1. The fraction of sp³-hybridized carbons (Fsp3) is 0.0769. The average molecular weight is 378 g/mol. The summed E-state index contributed by atoms with van der Waals surface area (Å²) in [6, 6.07) is 4.70. The van der Waals surface area contributed by atoms with Gasteiger partial charge in [-0.15, -0.1) is 0 Å². The van der Waals surface area contributed by atoms with Crippen LogP contribution in [-0.2, 0) is 6.18 Å². The first-order chi connectivity index (χ1) is 10.3. The Morgan fingerprint density at radius 1 is 1.18 bits per heavy atom. The molecule has 0 saturated carbocycles. The van der Waals surface area contributed by atoms with Crippen LogP contribution in [0.3, 0.4) is 0 Å². The van der Waals surface area contributed by atoms with E-state index >= 15 is 0 Å². The second-order valence-corrected chi connectivity index (χ2v) is 4.92. The molecule has 2 amide bonds. The summed E-state index contributed by atoms with van der Waals surface area (Å²) in [4.78, 5) is 15.5. The Balaban J connectivity index is 2.15. The van der Waals surface area contributed by atoms with E-state index in [0.717, 1.165) is 12.1 Å². The third-order valence-corrected chi connectivity index (χ3v) is 2.97. The molecule has 0 atom stereocenters. The number of halogens is 5. The number of hydrogen-bond acceptors (Lipinski definition) is 2. The molecule has 0 spiro atoms. The van der Waals surface area contributed by atoms with Gasteiger partial charge in [0.2, 0.25) is 0 Å². The first-order valence-corrected chi connectivity index (χ1v) is 6.62. The first kappa shape index (κ1) is 16.2. The largest absolute Gasteiger partial charge is 0.419 e. The number of carbonyl (C=O) groups excluding carboxylic acids is 1. The van der Waals surface area contributed by atoms with Crippen LogP contribution in [-0.4, -0.2) is 11.0 Å². The zero-order valence-electron chi connectivity index (χ0n) is 10.7. The van der Waals surface area contributed by atoms with Gasteiger partial charge < -0.3 is 10.6 Å². The maximum atomic E-state index is 13.8. The van der Waals surface area contributed by atoms with E-state index < -0.39 is 29.3 Å². The molecule has 2 N–H and O–H groups in total. The predicted octanol–water partition coefficient (Wildman–Crippen LogP) is 4.65. The standard InChI is InChI=1S/C13H8BrF4N3O/c14-10-6-7(4-5-19-10)20-12(22)21-9-3-1-2-8(11(9)15)13(16,17)18/h1-6H,(H2,19,20,21,22). The van der Waals surface area contributed by atoms with Crippen molar-refractivity contribution >= 4 is 33.3 Å². The fourth-order valence-electron chi connectivity index (χ4n) is 1.61.